The number of halogens is 1. The second-order valence-corrected chi connectivity index (χ2v) is 6.66. The van der Waals surface area contributed by atoms with Gasteiger partial charge in [0.15, 0.2) is 0 Å². The van der Waals surface area contributed by atoms with E-state index in [0.717, 1.165) is 36.1 Å². The molecule has 0 spiro atoms. The molecule has 0 aliphatic rings. The fourth-order valence-corrected chi connectivity index (χ4v) is 3.59. The molecule has 0 amide bonds. The third kappa shape index (κ3) is 3.51. The van der Waals surface area contributed by atoms with Crippen molar-refractivity contribution in [2.45, 2.75) is 46.2 Å². The molecule has 0 fully saturated rings. The van der Waals surface area contributed by atoms with Crippen molar-refractivity contribution in [2.24, 2.45) is 0 Å². The number of rotatable bonds is 7. The van der Waals surface area contributed by atoms with E-state index in [1.54, 1.807) is 0 Å². The number of aromatic nitrogens is 2. The van der Waals surface area contributed by atoms with Crippen LogP contribution in [0.25, 0.3) is 0 Å². The fraction of sp³-hybridized carbons (Fsp3) is 0.533. The Kier molecular flexibility index (Phi) is 5.81. The van der Waals surface area contributed by atoms with Gasteiger partial charge in [0, 0.05) is 23.9 Å². The zero-order valence-electron chi connectivity index (χ0n) is 12.3. The van der Waals surface area contributed by atoms with Crippen LogP contribution in [0.1, 0.15) is 42.6 Å². The van der Waals surface area contributed by atoms with Gasteiger partial charge in [0.1, 0.15) is 0 Å². The maximum Gasteiger partial charge on any atom is 0.0738 e. The minimum atomic E-state index is 0.368. The molecular weight excluding hydrogens is 334 g/mol. The molecule has 0 aliphatic carbocycles. The highest BCUT2D eigenvalue weighted by Gasteiger charge is 2.19. The van der Waals surface area contributed by atoms with Gasteiger partial charge in [-0.1, -0.05) is 13.0 Å². The van der Waals surface area contributed by atoms with Crippen LogP contribution in [-0.2, 0) is 13.0 Å². The van der Waals surface area contributed by atoms with Crippen LogP contribution in [0.5, 0.6) is 0 Å². The summed E-state index contributed by atoms with van der Waals surface area (Å²) in [5, 5.41) is 10.4. The molecule has 1 atom stereocenters. The molecule has 2 heterocycles. The standard InChI is InChI=1S/C15H22BrN3S/c1-4-8-17-12(14-7-6-9-20-14)10-13-15(16)11(3)18-19(13)5-2/h6-7,9,12,17H,4-5,8,10H2,1-3H3. The number of hydrogen-bond donors (Lipinski definition) is 1. The molecule has 0 saturated heterocycles. The van der Waals surface area contributed by atoms with Crippen molar-refractivity contribution in [3.05, 3.63) is 38.3 Å². The maximum atomic E-state index is 4.59. The highest BCUT2D eigenvalue weighted by atomic mass is 79.9. The van der Waals surface area contributed by atoms with Crippen molar-refractivity contribution in [3.63, 3.8) is 0 Å². The van der Waals surface area contributed by atoms with Gasteiger partial charge in [-0.15, -0.1) is 11.3 Å². The Morgan fingerprint density at radius 2 is 2.25 bits per heavy atom. The first-order chi connectivity index (χ1) is 9.67. The van der Waals surface area contributed by atoms with Crippen LogP contribution in [0.4, 0.5) is 0 Å². The molecule has 0 radical (unpaired) electrons. The highest BCUT2D eigenvalue weighted by molar-refractivity contribution is 9.10. The average molecular weight is 356 g/mol. The summed E-state index contributed by atoms with van der Waals surface area (Å²) in [5.74, 6) is 0. The van der Waals surface area contributed by atoms with Crippen molar-refractivity contribution in [3.8, 4) is 0 Å². The number of nitrogens with zero attached hydrogens (tertiary/aromatic N) is 2. The Hall–Kier alpha value is -0.650. The van der Waals surface area contributed by atoms with Crippen LogP contribution in [-0.4, -0.2) is 16.3 Å². The molecule has 0 aromatic carbocycles. The van der Waals surface area contributed by atoms with E-state index < -0.39 is 0 Å². The van der Waals surface area contributed by atoms with Crippen molar-refractivity contribution in [1.82, 2.24) is 15.1 Å². The summed E-state index contributed by atoms with van der Waals surface area (Å²) in [5.41, 5.74) is 2.36. The molecule has 0 bridgehead atoms. The Labute approximate surface area is 133 Å². The van der Waals surface area contributed by atoms with E-state index in [1.807, 2.05) is 11.3 Å². The quantitative estimate of drug-likeness (QED) is 0.801. The van der Waals surface area contributed by atoms with Gasteiger partial charge >= 0.3 is 0 Å². The summed E-state index contributed by atoms with van der Waals surface area (Å²) >= 11 is 5.51. The summed E-state index contributed by atoms with van der Waals surface area (Å²) < 4.78 is 3.26. The second-order valence-electron chi connectivity index (χ2n) is 4.89. The predicted octanol–water partition coefficient (Wildman–Crippen LogP) is 4.32. The first-order valence-electron chi connectivity index (χ1n) is 7.15. The zero-order chi connectivity index (χ0) is 14.5. The Morgan fingerprint density at radius 1 is 1.45 bits per heavy atom. The van der Waals surface area contributed by atoms with Gasteiger partial charge in [-0.3, -0.25) is 4.68 Å². The molecule has 1 N–H and O–H groups in total. The minimum Gasteiger partial charge on any atom is -0.309 e. The lowest BCUT2D eigenvalue weighted by Crippen LogP contribution is -2.24. The lowest BCUT2D eigenvalue weighted by atomic mass is 10.1. The number of nitrogens with one attached hydrogen (secondary N) is 1. The Balaban J connectivity index is 2.23. The molecule has 0 saturated carbocycles. The largest absolute Gasteiger partial charge is 0.309 e. The summed E-state index contributed by atoms with van der Waals surface area (Å²) in [4.78, 5) is 1.40. The lowest BCUT2D eigenvalue weighted by molar-refractivity contribution is 0.507. The Morgan fingerprint density at radius 3 is 2.85 bits per heavy atom. The van der Waals surface area contributed by atoms with Crippen LogP contribution < -0.4 is 5.32 Å². The summed E-state index contributed by atoms with van der Waals surface area (Å²) in [6, 6.07) is 4.70. The highest BCUT2D eigenvalue weighted by Crippen LogP contribution is 2.28. The van der Waals surface area contributed by atoms with Gasteiger partial charge in [0.25, 0.3) is 0 Å². The van der Waals surface area contributed by atoms with Crippen molar-refractivity contribution >= 4 is 27.3 Å². The number of hydrogen-bond acceptors (Lipinski definition) is 3. The normalized spacial score (nSPS) is 12.8. The molecule has 0 aliphatic heterocycles. The van der Waals surface area contributed by atoms with Crippen LogP contribution in [0.2, 0.25) is 0 Å². The average Bonchev–Trinajstić information content (AvgIpc) is 3.06. The molecule has 20 heavy (non-hydrogen) atoms. The van der Waals surface area contributed by atoms with E-state index in [1.165, 1.54) is 10.6 Å². The van der Waals surface area contributed by atoms with Gasteiger partial charge in [-0.25, -0.2) is 0 Å². The van der Waals surface area contributed by atoms with E-state index in [0.29, 0.717) is 6.04 Å². The summed E-state index contributed by atoms with van der Waals surface area (Å²) in [7, 11) is 0. The fourth-order valence-electron chi connectivity index (χ4n) is 2.34. The molecule has 2 aromatic heterocycles. The van der Waals surface area contributed by atoms with Crippen molar-refractivity contribution in [1.29, 1.82) is 0 Å². The van der Waals surface area contributed by atoms with Crippen LogP contribution in [0.3, 0.4) is 0 Å². The first kappa shape index (κ1) is 15.7. The third-order valence-electron chi connectivity index (χ3n) is 3.38. The molecule has 110 valence electrons. The van der Waals surface area contributed by atoms with Gasteiger partial charge in [0.2, 0.25) is 0 Å². The molecule has 5 heteroatoms. The first-order valence-corrected chi connectivity index (χ1v) is 8.83. The van der Waals surface area contributed by atoms with Crippen molar-refractivity contribution in [2.75, 3.05) is 6.54 Å². The van der Waals surface area contributed by atoms with E-state index in [2.05, 4.69) is 69.3 Å². The third-order valence-corrected chi connectivity index (χ3v) is 5.40. The topological polar surface area (TPSA) is 29.9 Å². The van der Waals surface area contributed by atoms with Gasteiger partial charge in [-0.05, 0) is 54.2 Å². The molecular formula is C15H22BrN3S. The molecule has 3 nitrogen and oxygen atoms in total. The SMILES string of the molecule is CCCNC(Cc1c(Br)c(C)nn1CC)c1cccs1. The van der Waals surface area contributed by atoms with Crippen LogP contribution >= 0.6 is 27.3 Å². The number of thiophene rings is 1. The molecule has 2 rings (SSSR count). The van der Waals surface area contributed by atoms with Crippen molar-refractivity contribution < 1.29 is 0 Å². The molecule has 2 aromatic rings. The van der Waals surface area contributed by atoms with Crippen LogP contribution in [0.15, 0.2) is 22.0 Å². The van der Waals surface area contributed by atoms with E-state index in [9.17, 15) is 0 Å². The van der Waals surface area contributed by atoms with Gasteiger partial charge in [0.05, 0.1) is 15.9 Å². The monoisotopic (exact) mass is 355 g/mol. The smallest absolute Gasteiger partial charge is 0.0738 e. The van der Waals surface area contributed by atoms with E-state index in [-0.39, 0.29) is 0 Å². The summed E-state index contributed by atoms with van der Waals surface area (Å²) in [6.07, 6.45) is 2.12. The lowest BCUT2D eigenvalue weighted by Gasteiger charge is -2.18. The zero-order valence-corrected chi connectivity index (χ0v) is 14.7. The van der Waals surface area contributed by atoms with Crippen LogP contribution in [0, 0.1) is 6.92 Å². The van der Waals surface area contributed by atoms with Gasteiger partial charge in [-0.2, -0.15) is 5.10 Å². The predicted molar refractivity (Wildman–Crippen MR) is 89.4 cm³/mol. The maximum absolute atomic E-state index is 4.59. The minimum absolute atomic E-state index is 0.368. The van der Waals surface area contributed by atoms with Gasteiger partial charge < -0.3 is 5.32 Å². The van der Waals surface area contributed by atoms with E-state index in [4.69, 9.17) is 0 Å². The molecule has 1 unspecified atom stereocenters. The second kappa shape index (κ2) is 7.38. The van der Waals surface area contributed by atoms with E-state index >= 15 is 0 Å². The summed E-state index contributed by atoms with van der Waals surface area (Å²) in [6.45, 7) is 8.35. The number of aryl methyl sites for hydroxylation is 2. The Bertz CT molecular complexity index is 534.